The molecule has 0 aromatic rings. The van der Waals surface area contributed by atoms with Crippen molar-refractivity contribution in [1.82, 2.24) is 0 Å². The third-order valence-electron chi connectivity index (χ3n) is 5.20. The first kappa shape index (κ1) is 23.2. The Morgan fingerprint density at radius 3 is 2.20 bits per heavy atom. The number of fused-ring (bicyclic) bond motifs is 1. The normalized spacial score (nSPS) is 49.3. The fourth-order valence-corrected chi connectivity index (χ4v) is 3.47. The molecule has 3 heterocycles. The van der Waals surface area contributed by atoms with E-state index in [2.05, 4.69) is 0 Å². The molecule has 0 spiro atoms. The van der Waals surface area contributed by atoms with Crippen LogP contribution in [0.4, 0.5) is 0 Å². The van der Waals surface area contributed by atoms with E-state index in [0.717, 1.165) is 14.0 Å². The number of aliphatic hydroxyl groups excluding tert-OH is 4. The number of methoxy groups -OCH3 is 1. The summed E-state index contributed by atoms with van der Waals surface area (Å²) >= 11 is 0. The fraction of sp³-hybridized carbons (Fsp3) is 0.875. The number of carboxylic acids is 2. The van der Waals surface area contributed by atoms with Crippen LogP contribution in [0.5, 0.6) is 0 Å². The van der Waals surface area contributed by atoms with Crippen LogP contribution < -0.4 is 10.2 Å². The molecule has 0 aromatic heterocycles. The Hall–Kier alpha value is -1.46. The van der Waals surface area contributed by atoms with E-state index in [9.17, 15) is 40.2 Å². The Bertz CT molecular complexity index is 656. The number of hydrogen-bond acceptors (Lipinski definition) is 14. The van der Waals surface area contributed by atoms with Crippen molar-refractivity contribution in [3.63, 3.8) is 0 Å². The minimum Gasteiger partial charge on any atom is -0.547 e. The lowest BCUT2D eigenvalue weighted by Gasteiger charge is -2.51. The van der Waals surface area contributed by atoms with Crippen LogP contribution in [-0.4, -0.2) is 113 Å². The van der Waals surface area contributed by atoms with Crippen LogP contribution in [0.15, 0.2) is 0 Å². The number of rotatable bonds is 5. The van der Waals surface area contributed by atoms with Gasteiger partial charge in [0.2, 0.25) is 5.79 Å². The molecular weight excluding hydrogens is 416 g/mol. The molecule has 3 fully saturated rings. The lowest BCUT2D eigenvalue weighted by atomic mass is 9.96. The van der Waals surface area contributed by atoms with Crippen molar-refractivity contribution in [3.8, 4) is 0 Å². The third-order valence-corrected chi connectivity index (χ3v) is 5.20. The van der Waals surface area contributed by atoms with Crippen molar-refractivity contribution in [2.24, 2.45) is 0 Å². The van der Waals surface area contributed by atoms with Gasteiger partial charge in [-0.15, -0.1) is 0 Å². The van der Waals surface area contributed by atoms with E-state index in [1.54, 1.807) is 0 Å². The van der Waals surface area contributed by atoms with Crippen LogP contribution in [0.1, 0.15) is 6.92 Å². The number of hydrogen-bond donors (Lipinski definition) is 4. The van der Waals surface area contributed by atoms with Gasteiger partial charge in [0.1, 0.15) is 54.8 Å². The zero-order valence-electron chi connectivity index (χ0n) is 15.9. The molecule has 3 aliphatic rings. The summed E-state index contributed by atoms with van der Waals surface area (Å²) in [7, 11) is 1.11. The summed E-state index contributed by atoms with van der Waals surface area (Å²) in [5.41, 5.74) is 0. The lowest BCUT2D eigenvalue weighted by Crippen LogP contribution is -2.69. The first-order valence-electron chi connectivity index (χ1n) is 8.95. The highest BCUT2D eigenvalue weighted by Gasteiger charge is 2.54. The van der Waals surface area contributed by atoms with Gasteiger partial charge >= 0.3 is 0 Å². The van der Waals surface area contributed by atoms with E-state index in [0.29, 0.717) is 0 Å². The second-order valence-corrected chi connectivity index (χ2v) is 7.21. The summed E-state index contributed by atoms with van der Waals surface area (Å²) in [4.78, 5) is 22.6. The van der Waals surface area contributed by atoms with Crippen molar-refractivity contribution < 1.29 is 68.6 Å². The molecule has 0 bridgehead atoms. The van der Waals surface area contributed by atoms with Crippen LogP contribution in [0, 0.1) is 0 Å². The van der Waals surface area contributed by atoms with Crippen LogP contribution in [0.3, 0.4) is 0 Å². The molecule has 0 aliphatic carbocycles. The molecule has 14 heteroatoms. The highest BCUT2D eigenvalue weighted by atomic mass is 16.8. The molecule has 5 unspecified atom stereocenters. The van der Waals surface area contributed by atoms with E-state index >= 15 is 0 Å². The average molecular weight is 438 g/mol. The van der Waals surface area contributed by atoms with Gasteiger partial charge in [-0.1, -0.05) is 0 Å². The standard InChI is InChI=1S/C16H24O14/c1-16(15(23)24)26-3-4-9(30-16)5(17)8(20)14(27-4)28-10-6(18)7(19)13(25-2)29-11(10)12(21)22/h4-11,13-14,17-20H,3H2,1-2H3,(H,21,22)(H,23,24)/p-2/t4?,5-,6-,7?,8?,9+,10-,11?,13-,14+,16?/m1/s1. The van der Waals surface area contributed by atoms with E-state index in [1.165, 1.54) is 0 Å². The van der Waals surface area contributed by atoms with Crippen LogP contribution >= 0.6 is 0 Å². The Balaban J connectivity index is 1.76. The number of aliphatic carboxylic acids is 2. The summed E-state index contributed by atoms with van der Waals surface area (Å²) in [5.74, 6) is -5.70. The second-order valence-electron chi connectivity index (χ2n) is 7.21. The molecule has 172 valence electrons. The summed E-state index contributed by atoms with van der Waals surface area (Å²) in [6.45, 7) is 0.648. The topological polar surface area (TPSA) is 217 Å². The predicted molar refractivity (Wildman–Crippen MR) is 82.5 cm³/mol. The van der Waals surface area contributed by atoms with Gasteiger partial charge in [0.15, 0.2) is 12.6 Å². The van der Waals surface area contributed by atoms with Crippen molar-refractivity contribution >= 4 is 11.9 Å². The summed E-state index contributed by atoms with van der Waals surface area (Å²) in [6.07, 6.45) is -16.5. The molecule has 14 nitrogen and oxygen atoms in total. The molecule has 0 radical (unpaired) electrons. The number of aliphatic hydroxyl groups is 4. The fourth-order valence-electron chi connectivity index (χ4n) is 3.47. The number of ether oxygens (including phenoxy) is 6. The Labute approximate surface area is 169 Å². The van der Waals surface area contributed by atoms with Gasteiger partial charge in [-0.05, 0) is 6.92 Å². The van der Waals surface area contributed by atoms with Gasteiger partial charge in [-0.3, -0.25) is 0 Å². The third kappa shape index (κ3) is 4.03. The van der Waals surface area contributed by atoms with Crippen LogP contribution in [0.25, 0.3) is 0 Å². The zero-order valence-corrected chi connectivity index (χ0v) is 15.9. The smallest absolute Gasteiger partial charge is 0.207 e. The number of carboxylic acid groups (broad SMARTS) is 2. The van der Waals surface area contributed by atoms with Gasteiger partial charge < -0.3 is 68.6 Å². The van der Waals surface area contributed by atoms with Gasteiger partial charge in [0.05, 0.1) is 12.6 Å². The van der Waals surface area contributed by atoms with Crippen molar-refractivity contribution in [3.05, 3.63) is 0 Å². The maximum atomic E-state index is 11.4. The van der Waals surface area contributed by atoms with Gasteiger partial charge in [-0.25, -0.2) is 0 Å². The van der Waals surface area contributed by atoms with E-state index in [-0.39, 0.29) is 0 Å². The first-order chi connectivity index (χ1) is 14.0. The monoisotopic (exact) mass is 438 g/mol. The highest BCUT2D eigenvalue weighted by molar-refractivity contribution is 5.73. The van der Waals surface area contributed by atoms with Crippen molar-refractivity contribution in [2.45, 2.75) is 74.1 Å². The van der Waals surface area contributed by atoms with Gasteiger partial charge in [0.25, 0.3) is 0 Å². The summed E-state index contributed by atoms with van der Waals surface area (Å²) < 4.78 is 30.8. The average Bonchev–Trinajstić information content (AvgIpc) is 2.69. The minimum absolute atomic E-state index is 0.402. The molecular formula is C16H22O14-2. The maximum Gasteiger partial charge on any atom is 0.207 e. The first-order valence-corrected chi connectivity index (χ1v) is 8.95. The molecule has 3 saturated heterocycles. The molecule has 3 rings (SSSR count). The van der Waals surface area contributed by atoms with Crippen molar-refractivity contribution in [1.29, 1.82) is 0 Å². The largest absolute Gasteiger partial charge is 0.547 e. The number of carbonyl (C=O) groups is 2. The van der Waals surface area contributed by atoms with Gasteiger partial charge in [-0.2, -0.15) is 0 Å². The molecule has 4 N–H and O–H groups in total. The molecule has 0 saturated carbocycles. The molecule has 11 atom stereocenters. The molecule has 30 heavy (non-hydrogen) atoms. The SMILES string of the molecule is CO[C@@H]1OC(C(=O)[O-])[C@H](O[C@@H]2OC3COC(C)(C(=O)[O-])O[C@@H]3[C@H](O)C2O)[C@H](O)C1O. The minimum atomic E-state index is -2.19. The Kier molecular flexibility index (Phi) is 6.64. The predicted octanol–water partition coefficient (Wildman–Crippen LogP) is -6.46. The quantitative estimate of drug-likeness (QED) is 0.314. The van der Waals surface area contributed by atoms with E-state index < -0.39 is 85.7 Å². The number of carbonyl (C=O) groups excluding carboxylic acids is 2. The Morgan fingerprint density at radius 1 is 1.00 bits per heavy atom. The molecule has 3 aliphatic heterocycles. The Morgan fingerprint density at radius 2 is 1.63 bits per heavy atom. The zero-order chi connectivity index (χ0) is 22.4. The van der Waals surface area contributed by atoms with E-state index in [1.807, 2.05) is 0 Å². The molecule has 0 aromatic carbocycles. The maximum absolute atomic E-state index is 11.4. The second kappa shape index (κ2) is 8.58. The van der Waals surface area contributed by atoms with Crippen LogP contribution in [0.2, 0.25) is 0 Å². The molecule has 0 amide bonds. The van der Waals surface area contributed by atoms with Gasteiger partial charge in [0, 0.05) is 7.11 Å². The van der Waals surface area contributed by atoms with Crippen LogP contribution in [-0.2, 0) is 38.0 Å². The summed E-state index contributed by atoms with van der Waals surface area (Å²) in [5, 5.41) is 63.5. The lowest BCUT2D eigenvalue weighted by molar-refractivity contribution is -0.416. The van der Waals surface area contributed by atoms with Crippen molar-refractivity contribution in [2.75, 3.05) is 13.7 Å². The summed E-state index contributed by atoms with van der Waals surface area (Å²) in [6, 6.07) is 0. The highest BCUT2D eigenvalue weighted by Crippen LogP contribution is 2.34. The van der Waals surface area contributed by atoms with E-state index in [4.69, 9.17) is 28.4 Å².